The van der Waals surface area contributed by atoms with Crippen molar-refractivity contribution in [2.24, 2.45) is 0 Å². The van der Waals surface area contributed by atoms with Gasteiger partial charge < -0.3 is 14.4 Å². The number of nitrogens with zero attached hydrogens (tertiary/aromatic N) is 2. The van der Waals surface area contributed by atoms with Crippen LogP contribution in [0.3, 0.4) is 0 Å². The Labute approximate surface area is 142 Å². The minimum Gasteiger partial charge on any atom is -0.481 e. The summed E-state index contributed by atoms with van der Waals surface area (Å²) < 4.78 is 6.39. The first-order chi connectivity index (χ1) is 12.0. The molecule has 2 heterocycles. The standard InChI is InChI=1S/C17H15N3O5/c1-25-17(24)13-9-20(8-12-15(13)18-19-16(12)23)11-5-2-10(3-6-11)4-7-14(21)22/h2-3,5-6,8-9H,4,7H2,1H3,(H,19,23)(H,21,22). The Morgan fingerprint density at radius 3 is 2.60 bits per heavy atom. The molecule has 0 unspecified atom stereocenters. The second-order valence-electron chi connectivity index (χ2n) is 5.45. The van der Waals surface area contributed by atoms with Crippen LogP contribution in [0.1, 0.15) is 22.3 Å². The van der Waals surface area contributed by atoms with Gasteiger partial charge in [0.1, 0.15) is 11.3 Å². The van der Waals surface area contributed by atoms with Gasteiger partial charge in [0.05, 0.1) is 12.7 Å². The molecule has 1 aromatic carbocycles. The number of benzene rings is 1. The molecule has 0 fully saturated rings. The quantitative estimate of drug-likeness (QED) is 0.679. The highest BCUT2D eigenvalue weighted by Crippen LogP contribution is 2.23. The second kappa shape index (κ2) is 6.60. The number of rotatable bonds is 5. The van der Waals surface area contributed by atoms with E-state index in [-0.39, 0.29) is 23.2 Å². The van der Waals surface area contributed by atoms with Crippen LogP contribution in [0.25, 0.3) is 16.9 Å². The molecule has 0 atom stereocenters. The van der Waals surface area contributed by atoms with E-state index in [1.807, 2.05) is 0 Å². The Hall–Kier alpha value is -3.42. The SMILES string of the molecule is COC(=O)c1cn(-c2ccc(CCC(=O)O)cc2)cc2c(=O)[nH]nc1-2. The van der Waals surface area contributed by atoms with Gasteiger partial charge in [0.2, 0.25) is 0 Å². The van der Waals surface area contributed by atoms with Crippen molar-refractivity contribution in [3.05, 3.63) is 58.1 Å². The minimum absolute atomic E-state index is 0.0551. The van der Waals surface area contributed by atoms with Gasteiger partial charge in [-0.05, 0) is 24.1 Å². The number of pyridine rings is 1. The minimum atomic E-state index is -0.852. The third-order valence-electron chi connectivity index (χ3n) is 3.83. The summed E-state index contributed by atoms with van der Waals surface area (Å²) in [4.78, 5) is 34.5. The van der Waals surface area contributed by atoms with Crippen molar-refractivity contribution in [1.82, 2.24) is 14.8 Å². The first kappa shape index (κ1) is 16.4. The lowest BCUT2D eigenvalue weighted by molar-refractivity contribution is -0.136. The van der Waals surface area contributed by atoms with Crippen LogP contribution in [-0.4, -0.2) is 38.9 Å². The smallest absolute Gasteiger partial charge is 0.341 e. The predicted octanol–water partition coefficient (Wildman–Crippen LogP) is 1.47. The number of nitrogens with one attached hydrogen (secondary N) is 1. The molecule has 128 valence electrons. The van der Waals surface area contributed by atoms with E-state index in [1.165, 1.54) is 7.11 Å². The number of hydrogen-bond donors (Lipinski definition) is 2. The normalized spacial score (nSPS) is 10.8. The zero-order valence-corrected chi connectivity index (χ0v) is 13.4. The van der Waals surface area contributed by atoms with Crippen LogP contribution in [0.5, 0.6) is 0 Å². The van der Waals surface area contributed by atoms with Crippen LogP contribution < -0.4 is 5.56 Å². The van der Waals surface area contributed by atoms with E-state index in [2.05, 4.69) is 10.2 Å². The molecule has 0 amide bonds. The molecule has 2 aliphatic rings. The number of carbonyl (C=O) groups excluding carboxylic acids is 1. The molecule has 1 aromatic rings. The second-order valence-corrected chi connectivity index (χ2v) is 5.45. The van der Waals surface area contributed by atoms with E-state index < -0.39 is 17.5 Å². The zero-order valence-electron chi connectivity index (χ0n) is 13.4. The summed E-state index contributed by atoms with van der Waals surface area (Å²) in [5, 5.41) is 14.9. The van der Waals surface area contributed by atoms with E-state index >= 15 is 0 Å². The molecular weight excluding hydrogens is 326 g/mol. The molecule has 0 aromatic heterocycles. The van der Waals surface area contributed by atoms with Crippen LogP contribution in [0.2, 0.25) is 0 Å². The van der Waals surface area contributed by atoms with Gasteiger partial charge in [-0.2, -0.15) is 5.10 Å². The number of H-pyrrole nitrogens is 1. The van der Waals surface area contributed by atoms with E-state index in [0.717, 1.165) is 5.56 Å². The summed E-state index contributed by atoms with van der Waals surface area (Å²) in [5.74, 6) is -1.45. The maximum Gasteiger partial charge on any atom is 0.341 e. The number of carboxylic acids is 1. The summed E-state index contributed by atoms with van der Waals surface area (Å²) in [6.45, 7) is 0. The number of methoxy groups -OCH3 is 1. The Kier molecular flexibility index (Phi) is 4.34. The molecule has 8 nitrogen and oxygen atoms in total. The van der Waals surface area contributed by atoms with Crippen molar-refractivity contribution < 1.29 is 19.4 Å². The fraction of sp³-hybridized carbons (Fsp3) is 0.176. The average Bonchev–Trinajstić information content (AvgIpc) is 3.00. The number of hydrogen-bond acceptors (Lipinski definition) is 5. The van der Waals surface area contributed by atoms with Gasteiger partial charge in [-0.3, -0.25) is 9.59 Å². The molecule has 0 radical (unpaired) electrons. The number of esters is 1. The monoisotopic (exact) mass is 341 g/mol. The first-order valence-corrected chi connectivity index (χ1v) is 7.49. The van der Waals surface area contributed by atoms with E-state index in [0.29, 0.717) is 12.1 Å². The molecule has 2 aliphatic heterocycles. The molecule has 2 N–H and O–H groups in total. The van der Waals surface area contributed by atoms with Crippen LogP contribution in [0.4, 0.5) is 0 Å². The lowest BCUT2D eigenvalue weighted by Crippen LogP contribution is -2.11. The molecule has 0 saturated heterocycles. The van der Waals surface area contributed by atoms with E-state index in [4.69, 9.17) is 9.84 Å². The van der Waals surface area contributed by atoms with Crippen LogP contribution in [0.15, 0.2) is 41.5 Å². The van der Waals surface area contributed by atoms with Gasteiger partial charge in [-0.25, -0.2) is 9.89 Å². The Morgan fingerprint density at radius 2 is 1.96 bits per heavy atom. The maximum absolute atomic E-state index is 12.0. The highest BCUT2D eigenvalue weighted by Gasteiger charge is 2.22. The van der Waals surface area contributed by atoms with Gasteiger partial charge >= 0.3 is 11.9 Å². The van der Waals surface area contributed by atoms with Crippen molar-refractivity contribution in [1.29, 1.82) is 0 Å². The first-order valence-electron chi connectivity index (χ1n) is 7.49. The van der Waals surface area contributed by atoms with E-state index in [9.17, 15) is 14.4 Å². The van der Waals surface area contributed by atoms with Crippen molar-refractivity contribution in [2.75, 3.05) is 7.11 Å². The number of ether oxygens (including phenoxy) is 1. The highest BCUT2D eigenvalue weighted by molar-refractivity contribution is 5.96. The third kappa shape index (κ3) is 3.27. The number of carboxylic acid groups (broad SMARTS) is 1. The van der Waals surface area contributed by atoms with Crippen molar-refractivity contribution >= 4 is 11.9 Å². The molecule has 0 aliphatic carbocycles. The van der Waals surface area contributed by atoms with Gasteiger partial charge in [0.15, 0.2) is 0 Å². The maximum atomic E-state index is 12.0. The van der Waals surface area contributed by atoms with Crippen LogP contribution >= 0.6 is 0 Å². The van der Waals surface area contributed by atoms with Gasteiger partial charge in [-0.1, -0.05) is 12.1 Å². The summed E-state index contributed by atoms with van der Waals surface area (Å²) in [6, 6.07) is 7.19. The number of aromatic nitrogens is 3. The zero-order chi connectivity index (χ0) is 18.0. The number of aliphatic carboxylic acids is 1. The Morgan fingerprint density at radius 1 is 1.24 bits per heavy atom. The summed E-state index contributed by atoms with van der Waals surface area (Å²) in [7, 11) is 1.26. The molecule has 8 heteroatoms. The molecular formula is C17H15N3O5. The van der Waals surface area contributed by atoms with Crippen molar-refractivity contribution in [3.8, 4) is 16.9 Å². The summed E-state index contributed by atoms with van der Waals surface area (Å²) in [6.07, 6.45) is 3.61. The average molecular weight is 341 g/mol. The number of fused-ring (bicyclic) bond motifs is 1. The fourth-order valence-corrected chi connectivity index (χ4v) is 2.53. The number of aromatic amines is 1. The Bertz CT molecular complexity index is 955. The largest absolute Gasteiger partial charge is 0.481 e. The predicted molar refractivity (Wildman–Crippen MR) is 88.1 cm³/mol. The fourth-order valence-electron chi connectivity index (χ4n) is 2.53. The number of carbonyl (C=O) groups is 2. The summed E-state index contributed by atoms with van der Waals surface area (Å²) in [5.41, 5.74) is 1.91. The van der Waals surface area contributed by atoms with Crippen LogP contribution in [-0.2, 0) is 16.0 Å². The van der Waals surface area contributed by atoms with Crippen molar-refractivity contribution in [3.63, 3.8) is 0 Å². The van der Waals surface area contributed by atoms with Gasteiger partial charge in [0.25, 0.3) is 5.56 Å². The molecule has 25 heavy (non-hydrogen) atoms. The molecule has 0 bridgehead atoms. The summed E-state index contributed by atoms with van der Waals surface area (Å²) >= 11 is 0. The van der Waals surface area contributed by atoms with Gasteiger partial charge in [-0.15, -0.1) is 0 Å². The lowest BCUT2D eigenvalue weighted by Gasteiger charge is -2.12. The van der Waals surface area contributed by atoms with Gasteiger partial charge in [0, 0.05) is 24.5 Å². The highest BCUT2D eigenvalue weighted by atomic mass is 16.5. The van der Waals surface area contributed by atoms with E-state index in [1.54, 1.807) is 41.2 Å². The number of aryl methyl sites for hydroxylation is 1. The van der Waals surface area contributed by atoms with Crippen LogP contribution in [0, 0.1) is 0 Å². The Balaban J connectivity index is 2.02. The van der Waals surface area contributed by atoms with Crippen molar-refractivity contribution in [2.45, 2.75) is 12.8 Å². The molecule has 0 spiro atoms. The topological polar surface area (TPSA) is 114 Å². The lowest BCUT2D eigenvalue weighted by atomic mass is 10.1. The molecule has 3 rings (SSSR count). The molecule has 0 saturated carbocycles. The third-order valence-corrected chi connectivity index (χ3v) is 3.83.